The zero-order valence-corrected chi connectivity index (χ0v) is 27.2. The average molecular weight is 663 g/mol. The molecule has 50 heavy (non-hydrogen) atoms. The van der Waals surface area contributed by atoms with E-state index >= 15 is 0 Å². The molecule has 6 aromatic rings. The lowest BCUT2D eigenvalue weighted by molar-refractivity contribution is -0.130. The van der Waals surface area contributed by atoms with Crippen molar-refractivity contribution in [3.63, 3.8) is 0 Å². The van der Waals surface area contributed by atoms with E-state index in [4.69, 9.17) is 18.9 Å². The molecule has 8 heteroatoms. The molecular weight excluding hydrogens is 632 g/mol. The Hall–Kier alpha value is -6.80. The van der Waals surface area contributed by atoms with Crippen molar-refractivity contribution in [2.45, 2.75) is 13.8 Å². The summed E-state index contributed by atoms with van der Waals surface area (Å²) in [4.78, 5) is 51.0. The van der Waals surface area contributed by atoms with Gasteiger partial charge in [-0.3, -0.25) is 0 Å². The fraction of sp³-hybridized carbons (Fsp3) is 0.0476. The van der Waals surface area contributed by atoms with Crippen molar-refractivity contribution in [1.29, 1.82) is 0 Å². The third kappa shape index (κ3) is 7.05. The topological polar surface area (TPSA) is 105 Å². The van der Waals surface area contributed by atoms with E-state index < -0.39 is 23.9 Å². The van der Waals surface area contributed by atoms with Gasteiger partial charge < -0.3 is 18.9 Å². The number of carbonyl (C=O) groups excluding carboxylic acids is 4. The van der Waals surface area contributed by atoms with E-state index in [2.05, 4.69) is 13.2 Å². The van der Waals surface area contributed by atoms with Crippen molar-refractivity contribution in [2.24, 2.45) is 0 Å². The van der Waals surface area contributed by atoms with Gasteiger partial charge in [-0.1, -0.05) is 73.8 Å². The summed E-state index contributed by atoms with van der Waals surface area (Å²) in [5.74, 6) is -1.46. The largest absolute Gasteiger partial charge is 0.423 e. The molecule has 0 saturated heterocycles. The van der Waals surface area contributed by atoms with Crippen molar-refractivity contribution in [2.75, 3.05) is 0 Å². The molecule has 0 heterocycles. The lowest BCUT2D eigenvalue weighted by Crippen LogP contribution is -2.12. The smallest absolute Gasteiger partial charge is 0.343 e. The Bertz CT molecular complexity index is 2170. The molecule has 0 N–H and O–H groups in total. The van der Waals surface area contributed by atoms with Gasteiger partial charge in [0, 0.05) is 22.3 Å². The van der Waals surface area contributed by atoms with Crippen LogP contribution in [0.1, 0.15) is 34.6 Å². The normalized spacial score (nSPS) is 10.7. The summed E-state index contributed by atoms with van der Waals surface area (Å²) in [6, 6.07) is 34.4. The van der Waals surface area contributed by atoms with Crippen LogP contribution in [-0.2, 0) is 9.59 Å². The predicted molar refractivity (Wildman–Crippen MR) is 191 cm³/mol. The number of carbonyl (C=O) groups is 4. The van der Waals surface area contributed by atoms with Crippen molar-refractivity contribution in [3.8, 4) is 34.1 Å². The highest BCUT2D eigenvalue weighted by Gasteiger charge is 2.23. The van der Waals surface area contributed by atoms with Gasteiger partial charge in [-0.15, -0.1) is 0 Å². The molecule has 0 fully saturated rings. The maximum Gasteiger partial charge on any atom is 0.343 e. The van der Waals surface area contributed by atoms with Crippen LogP contribution in [0.4, 0.5) is 0 Å². The molecule has 8 nitrogen and oxygen atoms in total. The van der Waals surface area contributed by atoms with Crippen LogP contribution < -0.4 is 18.9 Å². The van der Waals surface area contributed by atoms with Crippen molar-refractivity contribution >= 4 is 45.4 Å². The Kier molecular flexibility index (Phi) is 9.36. The van der Waals surface area contributed by atoms with Gasteiger partial charge in [0.25, 0.3) is 0 Å². The molecule has 0 aliphatic rings. The molecule has 0 atom stereocenters. The fourth-order valence-corrected chi connectivity index (χ4v) is 5.21. The lowest BCUT2D eigenvalue weighted by Gasteiger charge is -2.19. The van der Waals surface area contributed by atoms with E-state index in [0.29, 0.717) is 11.1 Å². The molecular formula is C42H30O8. The summed E-state index contributed by atoms with van der Waals surface area (Å²) < 4.78 is 22.6. The quantitative estimate of drug-likeness (QED) is 0.0858. The Labute approximate surface area is 287 Å². The van der Waals surface area contributed by atoms with Gasteiger partial charge in [0.2, 0.25) is 0 Å². The number of esters is 4. The number of hydrogen-bond donors (Lipinski definition) is 0. The molecule has 0 aromatic heterocycles. The SMILES string of the molecule is C=C(C)C(=O)Oc1ccc(C(=O)Oc2ccc3ccccc3c2-c2c(OC(=O)c3ccc(OC(=O)C(=C)C)cc3)ccc3ccccc23)cc1. The van der Waals surface area contributed by atoms with Gasteiger partial charge in [0.15, 0.2) is 0 Å². The Morgan fingerprint density at radius 2 is 0.800 bits per heavy atom. The minimum absolute atomic E-state index is 0.223. The van der Waals surface area contributed by atoms with Crippen LogP contribution >= 0.6 is 0 Å². The first-order chi connectivity index (χ1) is 24.1. The summed E-state index contributed by atoms with van der Waals surface area (Å²) in [6.07, 6.45) is 0. The van der Waals surface area contributed by atoms with Gasteiger partial charge in [0.05, 0.1) is 11.1 Å². The lowest BCUT2D eigenvalue weighted by atomic mass is 9.92. The second kappa shape index (κ2) is 14.1. The number of ether oxygens (including phenoxy) is 4. The molecule has 246 valence electrons. The van der Waals surface area contributed by atoms with Gasteiger partial charge in [-0.2, -0.15) is 0 Å². The summed E-state index contributed by atoms with van der Waals surface area (Å²) in [7, 11) is 0. The van der Waals surface area contributed by atoms with Crippen LogP contribution in [-0.4, -0.2) is 23.9 Å². The van der Waals surface area contributed by atoms with E-state index in [-0.39, 0.29) is 45.3 Å². The van der Waals surface area contributed by atoms with Crippen molar-refractivity contribution < 1.29 is 38.1 Å². The molecule has 0 amide bonds. The third-order valence-electron chi connectivity index (χ3n) is 7.73. The maximum absolute atomic E-state index is 13.6. The van der Waals surface area contributed by atoms with Gasteiger partial charge in [-0.25, -0.2) is 19.2 Å². The second-order valence-electron chi connectivity index (χ2n) is 11.5. The number of rotatable bonds is 9. The highest BCUT2D eigenvalue weighted by Crippen LogP contribution is 2.46. The van der Waals surface area contributed by atoms with E-state index in [1.165, 1.54) is 48.5 Å². The first-order valence-corrected chi connectivity index (χ1v) is 15.5. The molecule has 0 radical (unpaired) electrons. The minimum atomic E-state index is -0.648. The van der Waals surface area contributed by atoms with Gasteiger partial charge >= 0.3 is 23.9 Å². The van der Waals surface area contributed by atoms with E-state index in [1.807, 2.05) is 60.7 Å². The Morgan fingerprint density at radius 1 is 0.440 bits per heavy atom. The summed E-state index contributed by atoms with van der Waals surface area (Å²) in [5.41, 5.74) is 2.03. The van der Waals surface area contributed by atoms with Gasteiger partial charge in [0.1, 0.15) is 23.0 Å². The second-order valence-corrected chi connectivity index (χ2v) is 11.5. The highest BCUT2D eigenvalue weighted by atomic mass is 16.5. The zero-order chi connectivity index (χ0) is 35.4. The van der Waals surface area contributed by atoms with Crippen LogP contribution in [0.2, 0.25) is 0 Å². The van der Waals surface area contributed by atoms with Crippen LogP contribution in [0, 0.1) is 0 Å². The number of benzene rings is 6. The molecule has 0 aliphatic heterocycles. The molecule has 0 unspecified atom stereocenters. The number of fused-ring (bicyclic) bond motifs is 2. The molecule has 0 saturated carbocycles. The molecule has 0 spiro atoms. The maximum atomic E-state index is 13.6. The van der Waals surface area contributed by atoms with E-state index in [1.54, 1.807) is 26.0 Å². The summed E-state index contributed by atoms with van der Waals surface area (Å²) >= 11 is 0. The first-order valence-electron chi connectivity index (χ1n) is 15.5. The molecule has 0 bridgehead atoms. The third-order valence-corrected chi connectivity index (χ3v) is 7.73. The van der Waals surface area contributed by atoms with Crippen molar-refractivity contribution in [1.82, 2.24) is 0 Å². The predicted octanol–water partition coefficient (Wildman–Crippen LogP) is 9.06. The number of hydrogen-bond acceptors (Lipinski definition) is 8. The summed E-state index contributed by atoms with van der Waals surface area (Å²) in [6.45, 7) is 10.2. The molecule has 6 aromatic carbocycles. The highest BCUT2D eigenvalue weighted by molar-refractivity contribution is 6.11. The van der Waals surface area contributed by atoms with E-state index in [9.17, 15) is 19.2 Å². The minimum Gasteiger partial charge on any atom is -0.423 e. The Balaban J connectivity index is 1.40. The van der Waals surface area contributed by atoms with Crippen LogP contribution in [0.3, 0.4) is 0 Å². The summed E-state index contributed by atoms with van der Waals surface area (Å²) in [5, 5.41) is 3.27. The van der Waals surface area contributed by atoms with Gasteiger partial charge in [-0.05, 0) is 96.1 Å². The van der Waals surface area contributed by atoms with Crippen LogP contribution in [0.5, 0.6) is 23.0 Å². The van der Waals surface area contributed by atoms with Crippen LogP contribution in [0.15, 0.2) is 146 Å². The van der Waals surface area contributed by atoms with Crippen LogP contribution in [0.25, 0.3) is 32.7 Å². The van der Waals surface area contributed by atoms with Crippen molar-refractivity contribution in [3.05, 3.63) is 157 Å². The average Bonchev–Trinajstić information content (AvgIpc) is 3.12. The Morgan fingerprint density at radius 3 is 1.16 bits per heavy atom. The monoisotopic (exact) mass is 662 g/mol. The molecule has 6 rings (SSSR count). The first kappa shape index (κ1) is 33.1. The zero-order valence-electron chi connectivity index (χ0n) is 27.2. The van der Waals surface area contributed by atoms with E-state index in [0.717, 1.165) is 21.5 Å². The fourth-order valence-electron chi connectivity index (χ4n) is 5.21. The molecule has 0 aliphatic carbocycles. The standard InChI is InChI=1S/C42H30O8/c1-25(2)39(43)47-31-19-13-29(14-20-31)41(45)49-35-23-17-27-9-5-7-11-33(27)37(35)38-34-12-8-6-10-28(34)18-24-36(38)50-42(46)30-15-21-32(22-16-30)48-40(44)26(3)4/h5-24H,1,3H2,2,4H3.